The van der Waals surface area contributed by atoms with Crippen LogP contribution in [0.4, 0.5) is 9.18 Å². The standard InChI is InChI=1S/C15H19FN2O3/c1-10(8-11-2-4-12(16)5-3-11)18-14(21)17-9-15(6-7-15)13(19)20/h2-5,10H,6-9H2,1H3,(H,19,20)(H2,17,18,21). The Kier molecular flexibility index (Phi) is 4.45. The van der Waals surface area contributed by atoms with E-state index in [1.807, 2.05) is 6.92 Å². The third-order valence-electron chi connectivity index (χ3n) is 3.73. The summed E-state index contributed by atoms with van der Waals surface area (Å²) in [7, 11) is 0. The molecule has 6 heteroatoms. The van der Waals surface area contributed by atoms with Crippen LogP contribution in [-0.2, 0) is 11.2 Å². The highest BCUT2D eigenvalue weighted by molar-refractivity contribution is 5.80. The van der Waals surface area contributed by atoms with Crippen LogP contribution in [0.3, 0.4) is 0 Å². The monoisotopic (exact) mass is 294 g/mol. The molecular weight excluding hydrogens is 275 g/mol. The number of carbonyl (C=O) groups is 2. The highest BCUT2D eigenvalue weighted by Gasteiger charge is 2.50. The van der Waals surface area contributed by atoms with Gasteiger partial charge in [0.15, 0.2) is 0 Å². The van der Waals surface area contributed by atoms with E-state index in [0.717, 1.165) is 5.56 Å². The van der Waals surface area contributed by atoms with Gasteiger partial charge in [0.2, 0.25) is 0 Å². The second-order valence-electron chi connectivity index (χ2n) is 5.64. The van der Waals surface area contributed by atoms with Crippen LogP contribution in [0.1, 0.15) is 25.3 Å². The van der Waals surface area contributed by atoms with Gasteiger partial charge < -0.3 is 15.7 Å². The molecule has 2 rings (SSSR count). The van der Waals surface area contributed by atoms with Gasteiger partial charge in [0.25, 0.3) is 0 Å². The molecule has 5 nitrogen and oxygen atoms in total. The van der Waals surface area contributed by atoms with Crippen molar-refractivity contribution in [1.29, 1.82) is 0 Å². The smallest absolute Gasteiger partial charge is 0.315 e. The van der Waals surface area contributed by atoms with Gasteiger partial charge in [0.1, 0.15) is 5.82 Å². The lowest BCUT2D eigenvalue weighted by atomic mass is 10.1. The summed E-state index contributed by atoms with van der Waals surface area (Å²) >= 11 is 0. The Bertz CT molecular complexity index is 526. The summed E-state index contributed by atoms with van der Waals surface area (Å²) in [5.74, 6) is -1.15. The fourth-order valence-electron chi connectivity index (χ4n) is 2.17. The van der Waals surface area contributed by atoms with Crippen molar-refractivity contribution in [3.63, 3.8) is 0 Å². The van der Waals surface area contributed by atoms with Crippen LogP contribution in [-0.4, -0.2) is 29.7 Å². The average Bonchev–Trinajstić information content (AvgIpc) is 3.20. The lowest BCUT2D eigenvalue weighted by molar-refractivity contribution is -0.143. The summed E-state index contributed by atoms with van der Waals surface area (Å²) in [6.07, 6.45) is 1.79. The number of urea groups is 1. The maximum atomic E-state index is 12.8. The predicted octanol–water partition coefficient (Wildman–Crippen LogP) is 1.92. The summed E-state index contributed by atoms with van der Waals surface area (Å²) in [6, 6.07) is 5.61. The molecule has 2 amide bonds. The fourth-order valence-corrected chi connectivity index (χ4v) is 2.17. The molecule has 3 N–H and O–H groups in total. The second-order valence-corrected chi connectivity index (χ2v) is 5.64. The lowest BCUT2D eigenvalue weighted by Gasteiger charge is -2.16. The van der Waals surface area contributed by atoms with Gasteiger partial charge in [0, 0.05) is 12.6 Å². The Balaban J connectivity index is 1.74. The van der Waals surface area contributed by atoms with Gasteiger partial charge in [-0.05, 0) is 43.9 Å². The molecule has 1 unspecified atom stereocenters. The molecule has 0 heterocycles. The number of carboxylic acid groups (broad SMARTS) is 1. The van der Waals surface area contributed by atoms with Crippen molar-refractivity contribution in [2.45, 2.75) is 32.2 Å². The second kappa shape index (κ2) is 6.11. The summed E-state index contributed by atoms with van der Waals surface area (Å²) in [5.41, 5.74) is 0.158. The zero-order valence-corrected chi connectivity index (χ0v) is 11.9. The number of halogens is 1. The quantitative estimate of drug-likeness (QED) is 0.750. The van der Waals surface area contributed by atoms with E-state index < -0.39 is 11.4 Å². The Morgan fingerprint density at radius 1 is 1.33 bits per heavy atom. The molecule has 0 radical (unpaired) electrons. The molecule has 1 atom stereocenters. The highest BCUT2D eigenvalue weighted by atomic mass is 19.1. The van der Waals surface area contributed by atoms with Gasteiger partial charge in [-0.1, -0.05) is 12.1 Å². The minimum Gasteiger partial charge on any atom is -0.481 e. The molecule has 1 fully saturated rings. The van der Waals surface area contributed by atoms with Crippen molar-refractivity contribution in [3.05, 3.63) is 35.6 Å². The van der Waals surface area contributed by atoms with Crippen molar-refractivity contribution >= 4 is 12.0 Å². The van der Waals surface area contributed by atoms with Crippen molar-refractivity contribution in [2.24, 2.45) is 5.41 Å². The molecule has 0 bridgehead atoms. The van der Waals surface area contributed by atoms with Crippen LogP contribution in [0.2, 0.25) is 0 Å². The minimum absolute atomic E-state index is 0.129. The Morgan fingerprint density at radius 2 is 1.95 bits per heavy atom. The van der Waals surface area contributed by atoms with Crippen LogP contribution in [0.5, 0.6) is 0 Å². The number of carbonyl (C=O) groups excluding carboxylic acids is 1. The summed E-state index contributed by atoms with van der Waals surface area (Å²) < 4.78 is 12.8. The Morgan fingerprint density at radius 3 is 2.48 bits per heavy atom. The van der Waals surface area contributed by atoms with Crippen molar-refractivity contribution in [1.82, 2.24) is 10.6 Å². The molecule has 1 aliphatic rings. The number of hydrogen-bond donors (Lipinski definition) is 3. The molecule has 1 aromatic carbocycles. The van der Waals surface area contributed by atoms with Gasteiger partial charge in [-0.15, -0.1) is 0 Å². The molecule has 0 aromatic heterocycles. The molecular formula is C15H19FN2O3. The number of amides is 2. The van der Waals surface area contributed by atoms with Gasteiger partial charge in [-0.2, -0.15) is 0 Å². The maximum Gasteiger partial charge on any atom is 0.315 e. The van der Waals surface area contributed by atoms with E-state index in [4.69, 9.17) is 5.11 Å². The van der Waals surface area contributed by atoms with Crippen LogP contribution < -0.4 is 10.6 Å². The SMILES string of the molecule is CC(Cc1ccc(F)cc1)NC(=O)NCC1(C(=O)O)CC1. The number of nitrogens with one attached hydrogen (secondary N) is 2. The fraction of sp³-hybridized carbons (Fsp3) is 0.467. The molecule has 21 heavy (non-hydrogen) atoms. The third kappa shape index (κ3) is 4.18. The van der Waals surface area contributed by atoms with Crippen molar-refractivity contribution in [3.8, 4) is 0 Å². The van der Waals surface area contributed by atoms with E-state index in [1.54, 1.807) is 12.1 Å². The van der Waals surface area contributed by atoms with E-state index in [1.165, 1.54) is 12.1 Å². The van der Waals surface area contributed by atoms with E-state index >= 15 is 0 Å². The summed E-state index contributed by atoms with van der Waals surface area (Å²) in [6.45, 7) is 1.99. The molecule has 1 saturated carbocycles. The Labute approximate surface area is 122 Å². The van der Waals surface area contributed by atoms with Crippen molar-refractivity contribution < 1.29 is 19.1 Å². The predicted molar refractivity (Wildman–Crippen MR) is 75.4 cm³/mol. The van der Waals surface area contributed by atoms with Gasteiger partial charge in [-0.3, -0.25) is 4.79 Å². The molecule has 1 aromatic rings. The summed E-state index contributed by atoms with van der Waals surface area (Å²) in [5, 5.41) is 14.4. The topological polar surface area (TPSA) is 78.4 Å². The first-order chi connectivity index (χ1) is 9.91. The van der Waals surface area contributed by atoms with E-state index in [0.29, 0.717) is 19.3 Å². The Hall–Kier alpha value is -2.11. The maximum absolute atomic E-state index is 12.8. The number of rotatable bonds is 6. The molecule has 1 aliphatic carbocycles. The van der Waals surface area contributed by atoms with E-state index in [9.17, 15) is 14.0 Å². The molecule has 114 valence electrons. The number of aliphatic carboxylic acids is 1. The first kappa shape index (κ1) is 15.3. The summed E-state index contributed by atoms with van der Waals surface area (Å²) in [4.78, 5) is 22.7. The average molecular weight is 294 g/mol. The minimum atomic E-state index is -0.859. The zero-order chi connectivity index (χ0) is 15.5. The first-order valence-electron chi connectivity index (χ1n) is 6.93. The number of benzene rings is 1. The van der Waals surface area contributed by atoms with E-state index in [-0.39, 0.29) is 24.4 Å². The zero-order valence-electron chi connectivity index (χ0n) is 11.9. The van der Waals surface area contributed by atoms with E-state index in [2.05, 4.69) is 10.6 Å². The highest BCUT2D eigenvalue weighted by Crippen LogP contribution is 2.45. The first-order valence-corrected chi connectivity index (χ1v) is 6.93. The van der Waals surface area contributed by atoms with Gasteiger partial charge >= 0.3 is 12.0 Å². The normalized spacial score (nSPS) is 16.9. The van der Waals surface area contributed by atoms with Crippen LogP contribution in [0.25, 0.3) is 0 Å². The van der Waals surface area contributed by atoms with Crippen molar-refractivity contribution in [2.75, 3.05) is 6.54 Å². The lowest BCUT2D eigenvalue weighted by Crippen LogP contribution is -2.44. The molecule has 0 saturated heterocycles. The molecule has 0 spiro atoms. The van der Waals surface area contributed by atoms with Crippen LogP contribution in [0.15, 0.2) is 24.3 Å². The van der Waals surface area contributed by atoms with Gasteiger partial charge in [-0.25, -0.2) is 9.18 Å². The largest absolute Gasteiger partial charge is 0.481 e. The van der Waals surface area contributed by atoms with Gasteiger partial charge in [0.05, 0.1) is 5.41 Å². The molecule has 0 aliphatic heterocycles. The number of hydrogen-bond acceptors (Lipinski definition) is 2. The van der Waals surface area contributed by atoms with Crippen LogP contribution >= 0.6 is 0 Å². The third-order valence-corrected chi connectivity index (χ3v) is 3.73. The number of carboxylic acids is 1. The van der Waals surface area contributed by atoms with Crippen LogP contribution in [0, 0.1) is 11.2 Å².